The molecule has 0 heterocycles. The van der Waals surface area contributed by atoms with E-state index in [0.29, 0.717) is 19.6 Å². The Morgan fingerprint density at radius 2 is 1.87 bits per heavy atom. The van der Waals surface area contributed by atoms with Crippen LogP contribution in [-0.4, -0.2) is 30.4 Å². The predicted molar refractivity (Wildman–Crippen MR) is 64.4 cm³/mol. The molecule has 0 aromatic carbocycles. The molecule has 0 aliphatic heterocycles. The van der Waals surface area contributed by atoms with E-state index in [1.165, 1.54) is 0 Å². The van der Waals surface area contributed by atoms with E-state index in [9.17, 15) is 4.79 Å². The summed E-state index contributed by atoms with van der Waals surface area (Å²) in [6.45, 7) is 12.6. The number of carbonyl (C=O) groups is 1. The van der Waals surface area contributed by atoms with Crippen LogP contribution in [0, 0.1) is 5.41 Å². The van der Waals surface area contributed by atoms with Gasteiger partial charge in [0.1, 0.15) is 0 Å². The highest BCUT2D eigenvalue weighted by molar-refractivity contribution is 5.82. The number of hydrogen-bond acceptors (Lipinski definition) is 2. The summed E-state index contributed by atoms with van der Waals surface area (Å²) in [5.74, 6) is 0.0762. The molecule has 1 amide bonds. The summed E-state index contributed by atoms with van der Waals surface area (Å²) in [5, 5.41) is 0. The van der Waals surface area contributed by atoms with Crippen LogP contribution in [0.3, 0.4) is 0 Å². The molecule has 0 spiro atoms. The highest BCUT2D eigenvalue weighted by Crippen LogP contribution is 2.22. The van der Waals surface area contributed by atoms with Crippen LogP contribution in [-0.2, 0) is 4.79 Å². The summed E-state index contributed by atoms with van der Waals surface area (Å²) in [5.41, 5.74) is 5.18. The van der Waals surface area contributed by atoms with Gasteiger partial charge in [0.05, 0.1) is 5.41 Å². The molecule has 2 N–H and O–H groups in total. The van der Waals surface area contributed by atoms with Crippen LogP contribution in [0.15, 0.2) is 25.3 Å². The maximum Gasteiger partial charge on any atom is 0.230 e. The lowest BCUT2D eigenvalue weighted by Crippen LogP contribution is -2.46. The van der Waals surface area contributed by atoms with Crippen molar-refractivity contribution in [1.29, 1.82) is 0 Å². The molecule has 15 heavy (non-hydrogen) atoms. The van der Waals surface area contributed by atoms with Gasteiger partial charge in [-0.3, -0.25) is 4.79 Å². The smallest absolute Gasteiger partial charge is 0.230 e. The molecule has 0 radical (unpaired) electrons. The van der Waals surface area contributed by atoms with Crippen LogP contribution < -0.4 is 5.73 Å². The first-order chi connectivity index (χ1) is 7.05. The summed E-state index contributed by atoms with van der Waals surface area (Å²) in [6, 6.07) is 0. The van der Waals surface area contributed by atoms with E-state index in [1.807, 2.05) is 13.8 Å². The molecule has 3 heteroatoms. The van der Waals surface area contributed by atoms with E-state index in [-0.39, 0.29) is 5.91 Å². The van der Waals surface area contributed by atoms with E-state index in [4.69, 9.17) is 5.73 Å². The first-order valence-corrected chi connectivity index (χ1v) is 5.27. The van der Waals surface area contributed by atoms with Crippen LogP contribution in [0.5, 0.6) is 0 Å². The summed E-state index contributed by atoms with van der Waals surface area (Å²) >= 11 is 0. The fraction of sp³-hybridized carbons (Fsp3) is 0.583. The highest BCUT2D eigenvalue weighted by atomic mass is 16.2. The van der Waals surface area contributed by atoms with Gasteiger partial charge in [-0.1, -0.05) is 19.1 Å². The maximum absolute atomic E-state index is 12.2. The van der Waals surface area contributed by atoms with E-state index < -0.39 is 5.41 Å². The topological polar surface area (TPSA) is 46.3 Å². The number of nitrogens with two attached hydrogens (primary N) is 1. The van der Waals surface area contributed by atoms with Crippen LogP contribution in [0.1, 0.15) is 20.3 Å². The van der Waals surface area contributed by atoms with Crippen molar-refractivity contribution in [2.45, 2.75) is 20.3 Å². The lowest BCUT2D eigenvalue weighted by atomic mass is 9.86. The standard InChI is InChI=1S/C12H22N2O/c1-5-8-14(9-6-2)11(15)12(4,7-3)10-13/h5-6H,1-2,7-10,13H2,3-4H3. The minimum absolute atomic E-state index is 0.0762. The summed E-state index contributed by atoms with van der Waals surface area (Å²) in [7, 11) is 0. The average Bonchev–Trinajstić information content (AvgIpc) is 2.26. The van der Waals surface area contributed by atoms with Crippen molar-refractivity contribution in [3.8, 4) is 0 Å². The van der Waals surface area contributed by atoms with Gasteiger partial charge >= 0.3 is 0 Å². The monoisotopic (exact) mass is 210 g/mol. The van der Waals surface area contributed by atoms with Gasteiger partial charge in [0, 0.05) is 19.6 Å². The molecular weight excluding hydrogens is 188 g/mol. The van der Waals surface area contributed by atoms with Crippen LogP contribution in [0.25, 0.3) is 0 Å². The van der Waals surface area contributed by atoms with Crippen LogP contribution in [0.4, 0.5) is 0 Å². The SMILES string of the molecule is C=CCN(CC=C)C(=O)C(C)(CC)CN. The van der Waals surface area contributed by atoms with Crippen molar-refractivity contribution in [3.63, 3.8) is 0 Å². The van der Waals surface area contributed by atoms with Crippen molar-refractivity contribution < 1.29 is 4.79 Å². The van der Waals surface area contributed by atoms with E-state index in [1.54, 1.807) is 17.1 Å². The van der Waals surface area contributed by atoms with Gasteiger partial charge in [-0.15, -0.1) is 13.2 Å². The highest BCUT2D eigenvalue weighted by Gasteiger charge is 2.32. The fourth-order valence-electron chi connectivity index (χ4n) is 1.32. The first-order valence-electron chi connectivity index (χ1n) is 5.27. The van der Waals surface area contributed by atoms with Crippen molar-refractivity contribution in [3.05, 3.63) is 25.3 Å². The molecule has 86 valence electrons. The van der Waals surface area contributed by atoms with Gasteiger partial charge < -0.3 is 10.6 Å². The fourth-order valence-corrected chi connectivity index (χ4v) is 1.32. The van der Waals surface area contributed by atoms with E-state index in [2.05, 4.69) is 13.2 Å². The molecule has 0 saturated carbocycles. The Kier molecular flexibility index (Phi) is 5.94. The van der Waals surface area contributed by atoms with Gasteiger partial charge in [0.15, 0.2) is 0 Å². The third-order valence-electron chi connectivity index (χ3n) is 2.73. The molecule has 0 rings (SSSR count). The summed E-state index contributed by atoms with van der Waals surface area (Å²) in [6.07, 6.45) is 4.18. The molecule has 0 bridgehead atoms. The lowest BCUT2D eigenvalue weighted by molar-refractivity contribution is -0.139. The van der Waals surface area contributed by atoms with Crippen molar-refractivity contribution in [2.24, 2.45) is 11.1 Å². The lowest BCUT2D eigenvalue weighted by Gasteiger charge is -2.31. The van der Waals surface area contributed by atoms with Gasteiger partial charge in [0.25, 0.3) is 0 Å². The zero-order chi connectivity index (χ0) is 11.9. The zero-order valence-electron chi connectivity index (χ0n) is 9.83. The van der Waals surface area contributed by atoms with E-state index >= 15 is 0 Å². The maximum atomic E-state index is 12.2. The molecule has 0 aromatic rings. The third kappa shape index (κ3) is 3.51. The average molecular weight is 210 g/mol. The second-order valence-electron chi connectivity index (χ2n) is 3.91. The molecule has 0 aliphatic carbocycles. The zero-order valence-corrected chi connectivity index (χ0v) is 9.83. The first kappa shape index (κ1) is 13.9. The second-order valence-corrected chi connectivity index (χ2v) is 3.91. The quantitative estimate of drug-likeness (QED) is 0.648. The number of nitrogens with zero attached hydrogens (tertiary/aromatic N) is 1. The number of rotatable bonds is 7. The van der Waals surface area contributed by atoms with Gasteiger partial charge in [-0.25, -0.2) is 0 Å². The Bertz CT molecular complexity index is 222. The molecular formula is C12H22N2O. The Balaban J connectivity index is 4.73. The van der Waals surface area contributed by atoms with Gasteiger partial charge in [-0.05, 0) is 13.3 Å². The molecule has 1 atom stereocenters. The molecule has 1 unspecified atom stereocenters. The number of amides is 1. The Morgan fingerprint density at radius 1 is 1.40 bits per heavy atom. The molecule has 0 saturated heterocycles. The van der Waals surface area contributed by atoms with Crippen molar-refractivity contribution in [1.82, 2.24) is 4.90 Å². The largest absolute Gasteiger partial charge is 0.335 e. The van der Waals surface area contributed by atoms with Crippen LogP contribution >= 0.6 is 0 Å². The van der Waals surface area contributed by atoms with Gasteiger partial charge in [-0.2, -0.15) is 0 Å². The van der Waals surface area contributed by atoms with Crippen molar-refractivity contribution >= 4 is 5.91 Å². The molecule has 0 aliphatic rings. The van der Waals surface area contributed by atoms with Crippen molar-refractivity contribution in [2.75, 3.05) is 19.6 Å². The summed E-state index contributed by atoms with van der Waals surface area (Å²) < 4.78 is 0. The minimum atomic E-state index is -0.466. The molecule has 0 fully saturated rings. The Labute approximate surface area is 92.6 Å². The predicted octanol–water partition coefficient (Wildman–Crippen LogP) is 1.56. The number of hydrogen-bond donors (Lipinski definition) is 1. The second kappa shape index (κ2) is 6.40. The normalized spacial score (nSPS) is 14.1. The van der Waals surface area contributed by atoms with E-state index in [0.717, 1.165) is 6.42 Å². The molecule has 3 nitrogen and oxygen atoms in total. The molecule has 0 aromatic heterocycles. The van der Waals surface area contributed by atoms with Gasteiger partial charge in [0.2, 0.25) is 5.91 Å². The third-order valence-corrected chi connectivity index (χ3v) is 2.73. The Hall–Kier alpha value is -1.09. The van der Waals surface area contributed by atoms with Crippen LogP contribution in [0.2, 0.25) is 0 Å². The number of carbonyl (C=O) groups excluding carboxylic acids is 1. The Morgan fingerprint density at radius 3 is 2.13 bits per heavy atom. The summed E-state index contributed by atoms with van der Waals surface area (Å²) in [4.78, 5) is 13.9. The minimum Gasteiger partial charge on any atom is -0.335 e.